The van der Waals surface area contributed by atoms with Crippen LogP contribution in [0.3, 0.4) is 0 Å². The molecular weight excluding hydrogens is 272 g/mol. The molecule has 0 aromatic heterocycles. The van der Waals surface area contributed by atoms with Gasteiger partial charge in [0.25, 0.3) is 10.0 Å². The van der Waals surface area contributed by atoms with Gasteiger partial charge in [0.2, 0.25) is 0 Å². The van der Waals surface area contributed by atoms with Gasteiger partial charge in [0.05, 0.1) is 5.69 Å². The lowest BCUT2D eigenvalue weighted by molar-refractivity contribution is 0.601. The number of sulfonamides is 1. The van der Waals surface area contributed by atoms with Crippen molar-refractivity contribution in [3.63, 3.8) is 0 Å². The van der Waals surface area contributed by atoms with Crippen molar-refractivity contribution in [1.29, 1.82) is 0 Å². The van der Waals surface area contributed by atoms with Crippen LogP contribution in [0.1, 0.15) is 12.5 Å². The zero-order valence-corrected chi connectivity index (χ0v) is 12.4. The van der Waals surface area contributed by atoms with Crippen LogP contribution in [0, 0.1) is 6.92 Å². The Balaban J connectivity index is 2.33. The van der Waals surface area contributed by atoms with Gasteiger partial charge in [-0.15, -0.1) is 0 Å². The summed E-state index contributed by atoms with van der Waals surface area (Å²) in [7, 11) is -3.59. The van der Waals surface area contributed by atoms with Gasteiger partial charge in [0, 0.05) is 12.2 Å². The second kappa shape index (κ2) is 5.96. The highest BCUT2D eigenvalue weighted by atomic mass is 32.2. The van der Waals surface area contributed by atoms with Crippen LogP contribution in [-0.2, 0) is 10.0 Å². The second-order valence-electron chi connectivity index (χ2n) is 4.50. The molecule has 2 N–H and O–H groups in total. The Kier molecular flexibility index (Phi) is 4.29. The molecule has 4 nitrogen and oxygen atoms in total. The van der Waals surface area contributed by atoms with Crippen LogP contribution in [-0.4, -0.2) is 15.0 Å². The Bertz CT molecular complexity index is 679. The highest BCUT2D eigenvalue weighted by Gasteiger charge is 2.17. The van der Waals surface area contributed by atoms with Crippen LogP contribution in [0.5, 0.6) is 0 Å². The summed E-state index contributed by atoms with van der Waals surface area (Å²) in [4.78, 5) is 0.252. The van der Waals surface area contributed by atoms with E-state index in [0.717, 1.165) is 5.56 Å². The van der Waals surface area contributed by atoms with Gasteiger partial charge in [-0.05, 0) is 38.1 Å². The molecule has 0 radical (unpaired) electrons. The molecule has 0 fully saturated rings. The Labute approximate surface area is 119 Å². The van der Waals surface area contributed by atoms with Gasteiger partial charge >= 0.3 is 0 Å². The van der Waals surface area contributed by atoms with Crippen molar-refractivity contribution >= 4 is 21.4 Å². The normalized spacial score (nSPS) is 11.1. The lowest BCUT2D eigenvalue weighted by Crippen LogP contribution is -2.15. The van der Waals surface area contributed by atoms with Crippen LogP contribution < -0.4 is 10.0 Å². The van der Waals surface area contributed by atoms with Gasteiger partial charge in [-0.1, -0.05) is 29.8 Å². The summed E-state index contributed by atoms with van der Waals surface area (Å²) in [6, 6.07) is 14.1. The molecule has 106 valence electrons. The Morgan fingerprint density at radius 2 is 1.65 bits per heavy atom. The van der Waals surface area contributed by atoms with Gasteiger partial charge in [-0.2, -0.15) is 0 Å². The fourth-order valence-electron chi connectivity index (χ4n) is 1.87. The van der Waals surface area contributed by atoms with E-state index in [1.807, 2.05) is 32.0 Å². The molecule has 2 aromatic rings. The molecule has 0 aliphatic heterocycles. The van der Waals surface area contributed by atoms with Crippen molar-refractivity contribution in [3.8, 4) is 0 Å². The number of hydrogen-bond acceptors (Lipinski definition) is 3. The largest absolute Gasteiger partial charge is 0.384 e. The average molecular weight is 290 g/mol. The molecule has 0 unspecified atom stereocenters. The van der Waals surface area contributed by atoms with Crippen molar-refractivity contribution in [3.05, 3.63) is 54.1 Å². The topological polar surface area (TPSA) is 58.2 Å². The summed E-state index contributed by atoms with van der Waals surface area (Å²) >= 11 is 0. The van der Waals surface area contributed by atoms with Crippen LogP contribution in [0.2, 0.25) is 0 Å². The predicted octanol–water partition coefficient (Wildman–Crippen LogP) is 3.23. The maximum absolute atomic E-state index is 12.4. The van der Waals surface area contributed by atoms with Crippen molar-refractivity contribution < 1.29 is 8.42 Å². The maximum Gasteiger partial charge on any atom is 0.263 e. The number of hydrogen-bond donors (Lipinski definition) is 2. The molecule has 0 bridgehead atoms. The molecule has 0 amide bonds. The summed E-state index contributed by atoms with van der Waals surface area (Å²) in [6.45, 7) is 4.55. The zero-order chi connectivity index (χ0) is 14.6. The number of benzene rings is 2. The standard InChI is InChI=1S/C15H18N2O2S/c1-3-16-14-6-4-5-7-15(14)20(18,19)17-13-10-8-12(2)9-11-13/h4-11,16-17H,3H2,1-2H3. The van der Waals surface area contributed by atoms with Crippen LogP contribution in [0.25, 0.3) is 0 Å². The monoisotopic (exact) mass is 290 g/mol. The van der Waals surface area contributed by atoms with E-state index >= 15 is 0 Å². The van der Waals surface area contributed by atoms with Gasteiger partial charge in [-0.25, -0.2) is 8.42 Å². The summed E-state index contributed by atoms with van der Waals surface area (Å²) in [6.07, 6.45) is 0. The molecule has 0 aliphatic carbocycles. The number of para-hydroxylation sites is 1. The number of anilines is 2. The fourth-order valence-corrected chi connectivity index (χ4v) is 3.11. The molecular formula is C15H18N2O2S. The summed E-state index contributed by atoms with van der Waals surface area (Å²) < 4.78 is 27.5. The number of aryl methyl sites for hydroxylation is 1. The molecule has 5 heteroatoms. The van der Waals surface area contributed by atoms with E-state index in [1.54, 1.807) is 30.3 Å². The second-order valence-corrected chi connectivity index (χ2v) is 6.15. The van der Waals surface area contributed by atoms with E-state index in [-0.39, 0.29) is 4.90 Å². The van der Waals surface area contributed by atoms with Gasteiger partial charge in [0.1, 0.15) is 4.90 Å². The summed E-state index contributed by atoms with van der Waals surface area (Å²) in [5.41, 5.74) is 2.25. The Morgan fingerprint density at radius 1 is 1.00 bits per heavy atom. The highest BCUT2D eigenvalue weighted by molar-refractivity contribution is 7.92. The van der Waals surface area contributed by atoms with E-state index in [9.17, 15) is 8.42 Å². The predicted molar refractivity (Wildman–Crippen MR) is 82.6 cm³/mol. The Morgan fingerprint density at radius 3 is 2.30 bits per heavy atom. The molecule has 0 aliphatic rings. The van der Waals surface area contributed by atoms with E-state index in [0.29, 0.717) is 17.9 Å². The first-order chi connectivity index (χ1) is 9.53. The van der Waals surface area contributed by atoms with Crippen molar-refractivity contribution in [2.45, 2.75) is 18.7 Å². The molecule has 0 atom stereocenters. The van der Waals surface area contributed by atoms with Crippen molar-refractivity contribution in [1.82, 2.24) is 0 Å². The molecule has 0 saturated heterocycles. The Hall–Kier alpha value is -2.01. The minimum Gasteiger partial charge on any atom is -0.384 e. The van der Waals surface area contributed by atoms with E-state index in [2.05, 4.69) is 10.0 Å². The molecule has 0 saturated carbocycles. The first-order valence-electron chi connectivity index (χ1n) is 6.45. The third kappa shape index (κ3) is 3.30. The molecule has 0 heterocycles. The van der Waals surface area contributed by atoms with Gasteiger partial charge in [0.15, 0.2) is 0 Å². The minimum atomic E-state index is -3.59. The number of nitrogens with one attached hydrogen (secondary N) is 2. The summed E-state index contributed by atoms with van der Waals surface area (Å²) in [5.74, 6) is 0. The summed E-state index contributed by atoms with van der Waals surface area (Å²) in [5, 5.41) is 3.06. The van der Waals surface area contributed by atoms with Gasteiger partial charge in [-0.3, -0.25) is 4.72 Å². The number of rotatable bonds is 5. The average Bonchev–Trinajstić information content (AvgIpc) is 2.42. The van der Waals surface area contributed by atoms with E-state index in [4.69, 9.17) is 0 Å². The van der Waals surface area contributed by atoms with Crippen molar-refractivity contribution in [2.24, 2.45) is 0 Å². The third-order valence-electron chi connectivity index (χ3n) is 2.85. The van der Waals surface area contributed by atoms with Crippen molar-refractivity contribution in [2.75, 3.05) is 16.6 Å². The fraction of sp³-hybridized carbons (Fsp3) is 0.200. The van der Waals surface area contributed by atoms with Gasteiger partial charge < -0.3 is 5.32 Å². The van der Waals surface area contributed by atoms with E-state index in [1.165, 1.54) is 0 Å². The smallest absolute Gasteiger partial charge is 0.263 e. The molecule has 0 spiro atoms. The first-order valence-corrected chi connectivity index (χ1v) is 7.93. The molecule has 2 rings (SSSR count). The van der Waals surface area contributed by atoms with E-state index < -0.39 is 10.0 Å². The van der Waals surface area contributed by atoms with Crippen LogP contribution >= 0.6 is 0 Å². The highest BCUT2D eigenvalue weighted by Crippen LogP contribution is 2.23. The zero-order valence-electron chi connectivity index (χ0n) is 11.6. The maximum atomic E-state index is 12.4. The lowest BCUT2D eigenvalue weighted by atomic mass is 10.2. The lowest BCUT2D eigenvalue weighted by Gasteiger charge is -2.13. The quantitative estimate of drug-likeness (QED) is 0.889. The first kappa shape index (κ1) is 14.4. The molecule has 2 aromatic carbocycles. The van der Waals surface area contributed by atoms with Crippen LogP contribution in [0.4, 0.5) is 11.4 Å². The minimum absolute atomic E-state index is 0.252. The SMILES string of the molecule is CCNc1ccccc1S(=O)(=O)Nc1ccc(C)cc1. The third-order valence-corrected chi connectivity index (χ3v) is 4.29. The molecule has 20 heavy (non-hydrogen) atoms. The van der Waals surface area contributed by atoms with Crippen LogP contribution in [0.15, 0.2) is 53.4 Å².